The topological polar surface area (TPSA) is 21.3 Å². The van der Waals surface area contributed by atoms with Gasteiger partial charge in [-0.25, -0.2) is 0 Å². The van der Waals surface area contributed by atoms with E-state index in [0.717, 1.165) is 18.5 Å². The van der Waals surface area contributed by atoms with E-state index in [-0.39, 0.29) is 0 Å². The Balaban J connectivity index is 1.65. The first-order valence-electron chi connectivity index (χ1n) is 7.93. The van der Waals surface area contributed by atoms with Crippen LogP contribution in [0.25, 0.3) is 0 Å². The molecule has 1 aliphatic heterocycles. The van der Waals surface area contributed by atoms with Crippen molar-refractivity contribution in [3.05, 3.63) is 24.3 Å². The van der Waals surface area contributed by atoms with Crippen LogP contribution in [0.2, 0.25) is 0 Å². The van der Waals surface area contributed by atoms with Gasteiger partial charge < -0.3 is 10.1 Å². The quantitative estimate of drug-likeness (QED) is 0.859. The number of hydrogen-bond acceptors (Lipinski definition) is 3. The lowest BCUT2D eigenvalue weighted by Gasteiger charge is -2.23. The fourth-order valence-corrected chi connectivity index (χ4v) is 4.52. The number of nitrogens with one attached hydrogen (secondary N) is 1. The molecule has 1 N–H and O–H groups in total. The second-order valence-corrected chi connectivity index (χ2v) is 7.42. The largest absolute Gasteiger partial charge is 0.381 e. The highest BCUT2D eigenvalue weighted by molar-refractivity contribution is 8.00. The van der Waals surface area contributed by atoms with Crippen molar-refractivity contribution in [1.29, 1.82) is 0 Å². The molecule has 1 aromatic rings. The van der Waals surface area contributed by atoms with Crippen molar-refractivity contribution in [2.24, 2.45) is 5.92 Å². The van der Waals surface area contributed by atoms with E-state index in [0.29, 0.717) is 12.0 Å². The summed E-state index contributed by atoms with van der Waals surface area (Å²) >= 11 is 2.07. The maximum absolute atomic E-state index is 5.51. The Morgan fingerprint density at radius 3 is 2.75 bits per heavy atom. The van der Waals surface area contributed by atoms with Crippen LogP contribution >= 0.6 is 11.8 Å². The summed E-state index contributed by atoms with van der Waals surface area (Å²) < 4.78 is 5.51. The van der Waals surface area contributed by atoms with Gasteiger partial charge in [-0.05, 0) is 38.3 Å². The van der Waals surface area contributed by atoms with E-state index in [2.05, 4.69) is 48.3 Å². The molecule has 2 nitrogen and oxygen atoms in total. The summed E-state index contributed by atoms with van der Waals surface area (Å²) in [6.45, 7) is 4.12. The van der Waals surface area contributed by atoms with E-state index in [1.54, 1.807) is 0 Å². The summed E-state index contributed by atoms with van der Waals surface area (Å²) in [6.07, 6.45) is 6.76. The molecule has 0 spiro atoms. The standard InChI is InChI=1S/C17H25NOS/c1-13(14-10-11-19-12-14)18-16-8-4-5-9-17(16)20-15-6-2-3-7-15/h4-5,8-9,13-15,18H,2-3,6-7,10-12H2,1H3. The smallest absolute Gasteiger partial charge is 0.0514 e. The lowest BCUT2D eigenvalue weighted by molar-refractivity contribution is 0.183. The molecule has 2 unspecified atom stereocenters. The highest BCUT2D eigenvalue weighted by atomic mass is 32.2. The molecule has 110 valence electrons. The first kappa shape index (κ1) is 14.3. The van der Waals surface area contributed by atoms with Gasteiger partial charge in [-0.2, -0.15) is 0 Å². The van der Waals surface area contributed by atoms with Gasteiger partial charge >= 0.3 is 0 Å². The van der Waals surface area contributed by atoms with Crippen molar-refractivity contribution in [2.45, 2.75) is 55.2 Å². The number of para-hydroxylation sites is 1. The maximum atomic E-state index is 5.51. The molecule has 1 saturated carbocycles. The van der Waals surface area contributed by atoms with Crippen LogP contribution in [0.4, 0.5) is 5.69 Å². The summed E-state index contributed by atoms with van der Waals surface area (Å²) in [6, 6.07) is 9.28. The molecule has 1 heterocycles. The van der Waals surface area contributed by atoms with Gasteiger partial charge in [0.05, 0.1) is 6.61 Å². The number of rotatable bonds is 5. The number of anilines is 1. The zero-order chi connectivity index (χ0) is 13.8. The van der Waals surface area contributed by atoms with Crippen LogP contribution in [-0.4, -0.2) is 24.5 Å². The number of thioether (sulfide) groups is 1. The molecule has 2 atom stereocenters. The fourth-order valence-electron chi connectivity index (χ4n) is 3.18. The minimum atomic E-state index is 0.489. The number of ether oxygens (including phenoxy) is 1. The zero-order valence-electron chi connectivity index (χ0n) is 12.3. The van der Waals surface area contributed by atoms with Crippen LogP contribution in [0.1, 0.15) is 39.0 Å². The molecule has 2 aliphatic rings. The predicted octanol–water partition coefficient (Wildman–Crippen LogP) is 4.56. The highest BCUT2D eigenvalue weighted by Crippen LogP contribution is 2.38. The molecule has 1 aromatic carbocycles. The fraction of sp³-hybridized carbons (Fsp3) is 0.647. The van der Waals surface area contributed by atoms with E-state index in [9.17, 15) is 0 Å². The van der Waals surface area contributed by atoms with Gasteiger partial charge in [0.1, 0.15) is 0 Å². The highest BCUT2D eigenvalue weighted by Gasteiger charge is 2.23. The van der Waals surface area contributed by atoms with Gasteiger partial charge in [-0.1, -0.05) is 25.0 Å². The van der Waals surface area contributed by atoms with Crippen molar-refractivity contribution in [1.82, 2.24) is 0 Å². The Hall–Kier alpha value is -0.670. The van der Waals surface area contributed by atoms with Crippen LogP contribution in [0, 0.1) is 5.92 Å². The van der Waals surface area contributed by atoms with Crippen LogP contribution in [0.5, 0.6) is 0 Å². The Labute approximate surface area is 126 Å². The number of hydrogen-bond donors (Lipinski definition) is 1. The molecule has 3 rings (SSSR count). The van der Waals surface area contributed by atoms with E-state index < -0.39 is 0 Å². The average molecular weight is 291 g/mol. The zero-order valence-corrected chi connectivity index (χ0v) is 13.1. The van der Waals surface area contributed by atoms with E-state index in [1.165, 1.54) is 42.7 Å². The van der Waals surface area contributed by atoms with Crippen LogP contribution in [0.15, 0.2) is 29.2 Å². The second-order valence-electron chi connectivity index (χ2n) is 6.08. The molecular formula is C17H25NOS. The monoisotopic (exact) mass is 291 g/mol. The summed E-state index contributed by atoms with van der Waals surface area (Å²) in [5.41, 5.74) is 1.31. The van der Waals surface area contributed by atoms with Gasteiger partial charge in [0.15, 0.2) is 0 Å². The van der Waals surface area contributed by atoms with Gasteiger partial charge in [-0.15, -0.1) is 11.8 Å². The molecular weight excluding hydrogens is 266 g/mol. The Morgan fingerprint density at radius 1 is 1.20 bits per heavy atom. The minimum Gasteiger partial charge on any atom is -0.381 e. The summed E-state index contributed by atoms with van der Waals surface area (Å²) in [7, 11) is 0. The molecule has 3 heteroatoms. The number of benzene rings is 1. The lowest BCUT2D eigenvalue weighted by Crippen LogP contribution is -2.26. The van der Waals surface area contributed by atoms with Gasteiger partial charge in [-0.3, -0.25) is 0 Å². The molecule has 0 amide bonds. The average Bonchev–Trinajstić information content (AvgIpc) is 3.13. The van der Waals surface area contributed by atoms with Crippen LogP contribution in [0.3, 0.4) is 0 Å². The van der Waals surface area contributed by atoms with Crippen molar-refractivity contribution < 1.29 is 4.74 Å². The van der Waals surface area contributed by atoms with Crippen molar-refractivity contribution in [3.63, 3.8) is 0 Å². The second kappa shape index (κ2) is 6.86. The predicted molar refractivity (Wildman–Crippen MR) is 86.6 cm³/mol. The Bertz CT molecular complexity index is 425. The van der Waals surface area contributed by atoms with Crippen molar-refractivity contribution >= 4 is 17.4 Å². The van der Waals surface area contributed by atoms with Gasteiger partial charge in [0.25, 0.3) is 0 Å². The van der Waals surface area contributed by atoms with Gasteiger partial charge in [0.2, 0.25) is 0 Å². The van der Waals surface area contributed by atoms with E-state index in [4.69, 9.17) is 4.74 Å². The van der Waals surface area contributed by atoms with Crippen LogP contribution in [-0.2, 0) is 4.74 Å². The van der Waals surface area contributed by atoms with Crippen molar-refractivity contribution in [2.75, 3.05) is 18.5 Å². The molecule has 1 saturated heterocycles. The molecule has 0 aromatic heterocycles. The minimum absolute atomic E-state index is 0.489. The Kier molecular flexibility index (Phi) is 4.90. The Morgan fingerprint density at radius 2 is 2.00 bits per heavy atom. The van der Waals surface area contributed by atoms with E-state index >= 15 is 0 Å². The van der Waals surface area contributed by atoms with Crippen LogP contribution < -0.4 is 5.32 Å². The maximum Gasteiger partial charge on any atom is 0.0514 e. The summed E-state index contributed by atoms with van der Waals surface area (Å²) in [5, 5.41) is 4.55. The summed E-state index contributed by atoms with van der Waals surface area (Å²) in [5.74, 6) is 0.652. The third-order valence-corrected chi connectivity index (χ3v) is 5.95. The third-order valence-electron chi connectivity index (χ3n) is 4.54. The molecule has 0 bridgehead atoms. The molecule has 0 radical (unpaired) electrons. The molecule has 2 fully saturated rings. The van der Waals surface area contributed by atoms with Crippen molar-refractivity contribution in [3.8, 4) is 0 Å². The first-order valence-corrected chi connectivity index (χ1v) is 8.81. The first-order chi connectivity index (χ1) is 9.83. The third kappa shape index (κ3) is 3.50. The lowest BCUT2D eigenvalue weighted by atomic mass is 10.0. The van der Waals surface area contributed by atoms with Gasteiger partial charge in [0, 0.05) is 34.4 Å². The van der Waals surface area contributed by atoms with E-state index in [1.807, 2.05) is 0 Å². The summed E-state index contributed by atoms with van der Waals surface area (Å²) in [4.78, 5) is 1.42. The molecule has 20 heavy (non-hydrogen) atoms. The molecule has 1 aliphatic carbocycles. The normalized spacial score (nSPS) is 24.9. The SMILES string of the molecule is CC(Nc1ccccc1SC1CCCC1)C1CCOC1.